The first-order valence-corrected chi connectivity index (χ1v) is 9.11. The Morgan fingerprint density at radius 1 is 1.14 bits per heavy atom. The van der Waals surface area contributed by atoms with Gasteiger partial charge in [0.15, 0.2) is 5.82 Å². The van der Waals surface area contributed by atoms with Crippen LogP contribution in [0, 0.1) is 6.92 Å². The van der Waals surface area contributed by atoms with Crippen LogP contribution in [0.3, 0.4) is 0 Å². The van der Waals surface area contributed by atoms with E-state index in [1.54, 1.807) is 55.5 Å². The second-order valence-electron chi connectivity index (χ2n) is 5.85. The van der Waals surface area contributed by atoms with E-state index in [0.29, 0.717) is 21.5 Å². The number of hydrogen-bond acceptors (Lipinski definition) is 6. The van der Waals surface area contributed by atoms with Crippen LogP contribution in [0.15, 0.2) is 63.6 Å². The third-order valence-electron chi connectivity index (χ3n) is 3.84. The number of nitrogens with one attached hydrogen (secondary N) is 1. The van der Waals surface area contributed by atoms with E-state index in [0.717, 1.165) is 0 Å². The van der Waals surface area contributed by atoms with Crippen molar-refractivity contribution in [3.8, 4) is 5.75 Å². The Labute approximate surface area is 169 Å². The SMILES string of the molecule is COc1ccc(Br)c(C(=O)OC(C(=O)Nc2cc(C)on2)c2ccccc2)c1. The van der Waals surface area contributed by atoms with E-state index >= 15 is 0 Å². The van der Waals surface area contributed by atoms with Crippen molar-refractivity contribution in [1.82, 2.24) is 5.16 Å². The lowest BCUT2D eigenvalue weighted by Gasteiger charge is -2.18. The van der Waals surface area contributed by atoms with Crippen LogP contribution in [-0.4, -0.2) is 24.1 Å². The summed E-state index contributed by atoms with van der Waals surface area (Å²) in [5, 5.41) is 6.33. The molecule has 1 aromatic heterocycles. The highest BCUT2D eigenvalue weighted by Crippen LogP contribution is 2.27. The maximum atomic E-state index is 12.8. The highest BCUT2D eigenvalue weighted by molar-refractivity contribution is 9.10. The van der Waals surface area contributed by atoms with Gasteiger partial charge in [0.2, 0.25) is 6.10 Å². The van der Waals surface area contributed by atoms with Crippen LogP contribution >= 0.6 is 15.9 Å². The van der Waals surface area contributed by atoms with E-state index in [9.17, 15) is 9.59 Å². The van der Waals surface area contributed by atoms with Gasteiger partial charge in [-0.25, -0.2) is 4.79 Å². The highest BCUT2D eigenvalue weighted by atomic mass is 79.9. The molecule has 144 valence electrons. The predicted molar refractivity (Wildman–Crippen MR) is 105 cm³/mol. The molecule has 1 N–H and O–H groups in total. The lowest BCUT2D eigenvalue weighted by atomic mass is 10.1. The Balaban J connectivity index is 1.87. The van der Waals surface area contributed by atoms with Crippen molar-refractivity contribution < 1.29 is 23.6 Å². The third-order valence-corrected chi connectivity index (χ3v) is 4.53. The van der Waals surface area contributed by atoms with Gasteiger partial charge in [0, 0.05) is 16.1 Å². The second kappa shape index (κ2) is 8.71. The number of anilines is 1. The summed E-state index contributed by atoms with van der Waals surface area (Å²) in [7, 11) is 1.50. The predicted octanol–water partition coefficient (Wildman–Crippen LogP) is 4.29. The molecule has 0 aliphatic carbocycles. The number of methoxy groups -OCH3 is 1. The van der Waals surface area contributed by atoms with E-state index in [2.05, 4.69) is 26.4 Å². The first-order chi connectivity index (χ1) is 13.5. The van der Waals surface area contributed by atoms with Gasteiger partial charge < -0.3 is 19.3 Å². The number of carbonyl (C=O) groups is 2. The van der Waals surface area contributed by atoms with E-state index in [-0.39, 0.29) is 11.4 Å². The lowest BCUT2D eigenvalue weighted by Crippen LogP contribution is -2.26. The van der Waals surface area contributed by atoms with Crippen LogP contribution in [0.5, 0.6) is 5.75 Å². The van der Waals surface area contributed by atoms with E-state index in [1.807, 2.05) is 0 Å². The van der Waals surface area contributed by atoms with Gasteiger partial charge in [-0.2, -0.15) is 0 Å². The minimum absolute atomic E-state index is 0.238. The number of carbonyl (C=O) groups excluding carboxylic acids is 2. The van der Waals surface area contributed by atoms with Crippen molar-refractivity contribution in [1.29, 1.82) is 0 Å². The monoisotopic (exact) mass is 444 g/mol. The molecule has 7 nitrogen and oxygen atoms in total. The molecule has 1 atom stereocenters. The third kappa shape index (κ3) is 4.58. The second-order valence-corrected chi connectivity index (χ2v) is 6.71. The summed E-state index contributed by atoms with van der Waals surface area (Å²) in [5.74, 6) is 0.0535. The molecule has 0 spiro atoms. The number of hydrogen-bond donors (Lipinski definition) is 1. The molecule has 1 heterocycles. The largest absolute Gasteiger partial charge is 0.497 e. The van der Waals surface area contributed by atoms with Gasteiger partial charge in [0.1, 0.15) is 11.5 Å². The fourth-order valence-electron chi connectivity index (χ4n) is 2.48. The van der Waals surface area contributed by atoms with Crippen molar-refractivity contribution in [3.05, 3.63) is 76.0 Å². The van der Waals surface area contributed by atoms with Crippen LogP contribution in [0.1, 0.15) is 27.8 Å². The quantitative estimate of drug-likeness (QED) is 0.570. The Morgan fingerprint density at radius 3 is 2.54 bits per heavy atom. The van der Waals surface area contributed by atoms with Crippen LogP contribution in [0.25, 0.3) is 0 Å². The van der Waals surface area contributed by atoms with Gasteiger partial charge in [-0.05, 0) is 41.1 Å². The van der Waals surface area contributed by atoms with Gasteiger partial charge in [0.25, 0.3) is 5.91 Å². The summed E-state index contributed by atoms with van der Waals surface area (Å²) in [6, 6.07) is 15.2. The molecule has 1 amide bonds. The molecular weight excluding hydrogens is 428 g/mol. The smallest absolute Gasteiger partial charge is 0.340 e. The fourth-order valence-corrected chi connectivity index (χ4v) is 2.88. The van der Waals surface area contributed by atoms with Crippen molar-refractivity contribution in [2.24, 2.45) is 0 Å². The van der Waals surface area contributed by atoms with Crippen molar-refractivity contribution in [2.45, 2.75) is 13.0 Å². The highest BCUT2D eigenvalue weighted by Gasteiger charge is 2.27. The van der Waals surface area contributed by atoms with E-state index in [1.165, 1.54) is 13.2 Å². The number of ether oxygens (including phenoxy) is 2. The zero-order valence-corrected chi connectivity index (χ0v) is 16.7. The van der Waals surface area contributed by atoms with Crippen molar-refractivity contribution in [3.63, 3.8) is 0 Å². The Morgan fingerprint density at radius 2 is 1.89 bits per heavy atom. The van der Waals surface area contributed by atoms with Crippen LogP contribution in [-0.2, 0) is 9.53 Å². The molecule has 3 rings (SSSR count). The van der Waals surface area contributed by atoms with Gasteiger partial charge in [-0.15, -0.1) is 0 Å². The zero-order valence-electron chi connectivity index (χ0n) is 15.1. The maximum Gasteiger partial charge on any atom is 0.340 e. The summed E-state index contributed by atoms with van der Waals surface area (Å²) in [6.45, 7) is 1.71. The minimum Gasteiger partial charge on any atom is -0.497 e. The van der Waals surface area contributed by atoms with Gasteiger partial charge in [-0.3, -0.25) is 4.79 Å². The zero-order chi connectivity index (χ0) is 20.1. The number of benzene rings is 2. The maximum absolute atomic E-state index is 12.8. The average Bonchev–Trinajstić information content (AvgIpc) is 3.11. The molecule has 0 aliphatic heterocycles. The molecule has 0 bridgehead atoms. The molecule has 1 unspecified atom stereocenters. The summed E-state index contributed by atoms with van der Waals surface area (Å²) < 4.78 is 16.2. The van der Waals surface area contributed by atoms with Crippen LogP contribution in [0.4, 0.5) is 5.82 Å². The van der Waals surface area contributed by atoms with Gasteiger partial charge >= 0.3 is 5.97 Å². The average molecular weight is 445 g/mol. The lowest BCUT2D eigenvalue weighted by molar-refractivity contribution is -0.125. The van der Waals surface area contributed by atoms with E-state index in [4.69, 9.17) is 14.0 Å². The van der Waals surface area contributed by atoms with Crippen molar-refractivity contribution >= 4 is 33.6 Å². The standard InChI is InChI=1S/C20H17BrN2O5/c1-12-10-17(23-28-12)22-19(24)18(13-6-4-3-5-7-13)27-20(25)15-11-14(26-2)8-9-16(15)21/h3-11,18H,1-2H3,(H,22,23,24). The molecule has 0 saturated carbocycles. The molecule has 0 aliphatic rings. The molecule has 0 radical (unpaired) electrons. The van der Waals surface area contributed by atoms with Crippen LogP contribution in [0.2, 0.25) is 0 Å². The number of rotatable bonds is 6. The number of aromatic nitrogens is 1. The van der Waals surface area contributed by atoms with Crippen molar-refractivity contribution in [2.75, 3.05) is 12.4 Å². The fraction of sp³-hybridized carbons (Fsp3) is 0.150. The Kier molecular flexibility index (Phi) is 6.10. The molecule has 0 fully saturated rings. The molecule has 0 saturated heterocycles. The summed E-state index contributed by atoms with van der Waals surface area (Å²) in [6.07, 6.45) is -1.18. The molecule has 3 aromatic rings. The summed E-state index contributed by atoms with van der Waals surface area (Å²) in [5.41, 5.74) is 0.762. The molecule has 8 heteroatoms. The van der Waals surface area contributed by atoms with Gasteiger partial charge in [0.05, 0.1) is 12.7 Å². The topological polar surface area (TPSA) is 90.7 Å². The molecule has 28 heavy (non-hydrogen) atoms. The Bertz CT molecular complexity index is 987. The molecular formula is C20H17BrN2O5. The normalized spacial score (nSPS) is 11.5. The number of esters is 1. The molecule has 2 aromatic carbocycles. The van der Waals surface area contributed by atoms with Crippen LogP contribution < -0.4 is 10.1 Å². The number of nitrogens with zero attached hydrogens (tertiary/aromatic N) is 1. The first kappa shape index (κ1) is 19.6. The first-order valence-electron chi connectivity index (χ1n) is 8.31. The number of halogens is 1. The minimum atomic E-state index is -1.18. The number of amides is 1. The Hall–Kier alpha value is -3.13. The summed E-state index contributed by atoms with van der Waals surface area (Å²) in [4.78, 5) is 25.5. The van der Waals surface area contributed by atoms with E-state index < -0.39 is 18.0 Å². The number of aryl methyl sites for hydroxylation is 1. The summed E-state index contributed by atoms with van der Waals surface area (Å²) >= 11 is 3.32. The van der Waals surface area contributed by atoms with Gasteiger partial charge in [-0.1, -0.05) is 35.5 Å².